The van der Waals surface area contributed by atoms with E-state index in [9.17, 15) is 10.1 Å². The van der Waals surface area contributed by atoms with E-state index < -0.39 is 4.92 Å². The molecule has 1 aromatic carbocycles. The molecule has 1 aromatic heterocycles. The maximum absolute atomic E-state index is 10.5. The fourth-order valence-corrected chi connectivity index (χ4v) is 1.47. The van der Waals surface area contributed by atoms with E-state index in [-0.39, 0.29) is 5.69 Å². The molecule has 0 aliphatic carbocycles. The first-order chi connectivity index (χ1) is 8.13. The van der Waals surface area contributed by atoms with Crippen LogP contribution in [0.25, 0.3) is 11.4 Å². The molecule has 2 rings (SSSR count). The summed E-state index contributed by atoms with van der Waals surface area (Å²) in [5, 5.41) is 19.4. The third-order valence-electron chi connectivity index (χ3n) is 2.16. The quantitative estimate of drug-likeness (QED) is 0.375. The maximum Gasteiger partial charge on any atom is 0.269 e. The summed E-state index contributed by atoms with van der Waals surface area (Å²) in [6.07, 6.45) is 0. The topological polar surface area (TPSA) is 99.9 Å². The summed E-state index contributed by atoms with van der Waals surface area (Å²) >= 11 is 4.71. The zero-order valence-corrected chi connectivity index (χ0v) is 9.29. The molecular formula is C9H7N5O2S. The Hall–Kier alpha value is -2.35. The van der Waals surface area contributed by atoms with Crippen LogP contribution in [0.2, 0.25) is 0 Å². The van der Waals surface area contributed by atoms with Crippen molar-refractivity contribution in [1.82, 2.24) is 14.9 Å². The van der Waals surface area contributed by atoms with Crippen molar-refractivity contribution < 1.29 is 4.92 Å². The van der Waals surface area contributed by atoms with Crippen molar-refractivity contribution in [3.63, 3.8) is 0 Å². The van der Waals surface area contributed by atoms with Gasteiger partial charge in [0.25, 0.3) is 5.69 Å². The van der Waals surface area contributed by atoms with Gasteiger partial charge in [0, 0.05) is 23.1 Å². The van der Waals surface area contributed by atoms with Crippen LogP contribution in [0.3, 0.4) is 0 Å². The van der Waals surface area contributed by atoms with Gasteiger partial charge >= 0.3 is 0 Å². The molecule has 0 aliphatic heterocycles. The van der Waals surface area contributed by atoms with Crippen molar-refractivity contribution in [2.24, 2.45) is 0 Å². The number of rotatable bonds is 3. The minimum Gasteiger partial charge on any atom is -0.336 e. The number of benzene rings is 1. The molecule has 0 aliphatic rings. The molecule has 0 amide bonds. The Balaban J connectivity index is 2.43. The molecule has 0 bridgehead atoms. The Labute approximate surface area is 101 Å². The normalized spacial score (nSPS) is 10.1. The lowest BCUT2D eigenvalue weighted by molar-refractivity contribution is -0.384. The fourth-order valence-electron chi connectivity index (χ4n) is 1.31. The van der Waals surface area contributed by atoms with Crippen molar-refractivity contribution in [2.45, 2.75) is 0 Å². The van der Waals surface area contributed by atoms with Gasteiger partial charge in [-0.2, -0.15) is 0 Å². The second-order valence-corrected chi connectivity index (χ2v) is 3.41. The molecule has 7 nitrogen and oxygen atoms in total. The Kier molecular flexibility index (Phi) is 2.79. The number of nitrogens with two attached hydrogens (primary N) is 1. The van der Waals surface area contributed by atoms with Gasteiger partial charge in [0.2, 0.25) is 0 Å². The van der Waals surface area contributed by atoms with Crippen LogP contribution in [-0.4, -0.2) is 25.2 Å². The van der Waals surface area contributed by atoms with Crippen LogP contribution < -0.4 is 5.84 Å². The largest absolute Gasteiger partial charge is 0.336 e. The lowest BCUT2D eigenvalue weighted by Crippen LogP contribution is -2.13. The summed E-state index contributed by atoms with van der Waals surface area (Å²) in [5.41, 5.74) is 0.639. The zero-order valence-electron chi connectivity index (χ0n) is 8.48. The second kappa shape index (κ2) is 4.26. The summed E-state index contributed by atoms with van der Waals surface area (Å²) < 4.78 is 1.23. The summed E-state index contributed by atoms with van der Waals surface area (Å²) in [6.45, 7) is 0. The Morgan fingerprint density at radius 2 is 2.00 bits per heavy atom. The number of nitro benzene ring substituents is 1. The van der Waals surface area contributed by atoms with E-state index in [1.54, 1.807) is 12.1 Å². The molecule has 8 heteroatoms. The van der Waals surface area contributed by atoms with E-state index in [1.807, 2.05) is 0 Å². The maximum atomic E-state index is 10.5. The molecule has 0 saturated carbocycles. The number of thiocarbonyl (C=S) groups is 1. The van der Waals surface area contributed by atoms with Crippen LogP contribution in [-0.2, 0) is 0 Å². The molecule has 1 heterocycles. The molecule has 2 aromatic rings. The third-order valence-corrected chi connectivity index (χ3v) is 2.37. The highest BCUT2D eigenvalue weighted by Crippen LogP contribution is 2.19. The minimum absolute atomic E-state index is 0.00638. The van der Waals surface area contributed by atoms with Gasteiger partial charge < -0.3 is 5.84 Å². The van der Waals surface area contributed by atoms with Crippen LogP contribution in [0.1, 0.15) is 5.82 Å². The van der Waals surface area contributed by atoms with E-state index in [2.05, 4.69) is 10.2 Å². The lowest BCUT2D eigenvalue weighted by Gasteiger charge is -2.00. The highest BCUT2D eigenvalue weighted by molar-refractivity contribution is 7.79. The third kappa shape index (κ3) is 1.97. The van der Waals surface area contributed by atoms with Crippen molar-refractivity contribution in [3.05, 3.63) is 40.2 Å². The van der Waals surface area contributed by atoms with Gasteiger partial charge in [0.15, 0.2) is 11.6 Å². The van der Waals surface area contributed by atoms with Crippen LogP contribution in [0, 0.1) is 10.1 Å². The summed E-state index contributed by atoms with van der Waals surface area (Å²) in [5.74, 6) is 6.46. The Morgan fingerprint density at radius 1 is 1.35 bits per heavy atom. The van der Waals surface area contributed by atoms with Gasteiger partial charge in [-0.3, -0.25) is 10.1 Å². The molecule has 0 atom stereocenters. The number of nitro groups is 1. The van der Waals surface area contributed by atoms with Gasteiger partial charge in [-0.25, -0.2) is 4.68 Å². The molecular weight excluding hydrogens is 242 g/mol. The van der Waals surface area contributed by atoms with Gasteiger partial charge in [0.05, 0.1) is 4.92 Å². The fraction of sp³-hybridized carbons (Fsp3) is 0. The standard InChI is InChI=1S/C9H7N5O2S/c10-13-8(5-17)11-12-9(13)6-1-3-7(4-2-6)14(15)16/h1-5H,10H2. The first kappa shape index (κ1) is 11.1. The lowest BCUT2D eigenvalue weighted by atomic mass is 10.2. The summed E-state index contributed by atoms with van der Waals surface area (Å²) in [7, 11) is 0. The monoisotopic (exact) mass is 249 g/mol. The van der Waals surface area contributed by atoms with Crippen LogP contribution in [0.4, 0.5) is 5.69 Å². The average molecular weight is 249 g/mol. The molecule has 17 heavy (non-hydrogen) atoms. The van der Waals surface area contributed by atoms with Gasteiger partial charge in [-0.05, 0) is 12.1 Å². The predicted molar refractivity (Wildman–Crippen MR) is 65.0 cm³/mol. The number of non-ortho nitro benzene ring substituents is 1. The zero-order chi connectivity index (χ0) is 12.4. The Morgan fingerprint density at radius 3 is 2.47 bits per heavy atom. The highest BCUT2D eigenvalue weighted by Gasteiger charge is 2.11. The van der Waals surface area contributed by atoms with E-state index in [0.29, 0.717) is 17.2 Å². The first-order valence-corrected chi connectivity index (χ1v) is 5.01. The van der Waals surface area contributed by atoms with Crippen molar-refractivity contribution >= 4 is 23.3 Å². The van der Waals surface area contributed by atoms with Gasteiger partial charge in [-0.15, -0.1) is 10.2 Å². The molecule has 0 spiro atoms. The summed E-state index contributed by atoms with van der Waals surface area (Å²) in [4.78, 5) is 10.0. The van der Waals surface area contributed by atoms with E-state index >= 15 is 0 Å². The van der Waals surface area contributed by atoms with Crippen LogP contribution >= 0.6 is 12.2 Å². The molecule has 0 radical (unpaired) electrons. The highest BCUT2D eigenvalue weighted by atomic mass is 32.1. The molecule has 86 valence electrons. The minimum atomic E-state index is -0.473. The van der Waals surface area contributed by atoms with Crippen molar-refractivity contribution in [1.29, 1.82) is 0 Å². The Bertz CT molecular complexity index is 578. The number of hydrogen-bond donors (Lipinski definition) is 1. The summed E-state index contributed by atoms with van der Waals surface area (Å²) in [6, 6.07) is 5.86. The van der Waals surface area contributed by atoms with E-state index in [4.69, 9.17) is 18.1 Å². The van der Waals surface area contributed by atoms with Gasteiger partial charge in [0.1, 0.15) is 0 Å². The van der Waals surface area contributed by atoms with E-state index in [0.717, 1.165) is 0 Å². The van der Waals surface area contributed by atoms with Crippen LogP contribution in [0.5, 0.6) is 0 Å². The number of aromatic nitrogens is 3. The van der Waals surface area contributed by atoms with Gasteiger partial charge in [-0.1, -0.05) is 12.2 Å². The molecule has 0 fully saturated rings. The number of nitrogen functional groups attached to an aromatic ring is 1. The molecule has 0 saturated heterocycles. The van der Waals surface area contributed by atoms with Crippen LogP contribution in [0.15, 0.2) is 24.3 Å². The number of nitrogens with zero attached hydrogens (tertiary/aromatic N) is 4. The first-order valence-electron chi connectivity index (χ1n) is 4.54. The second-order valence-electron chi connectivity index (χ2n) is 3.17. The predicted octanol–water partition coefficient (Wildman–Crippen LogP) is 0.915. The van der Waals surface area contributed by atoms with E-state index in [1.165, 1.54) is 22.2 Å². The average Bonchev–Trinajstić information content (AvgIpc) is 2.70. The molecule has 0 unspecified atom stereocenters. The van der Waals surface area contributed by atoms with Crippen molar-refractivity contribution in [2.75, 3.05) is 5.84 Å². The SMILES string of the molecule is Nn1c(C=S)nnc1-c1ccc([N+](=O)[O-])cc1. The molecule has 2 N–H and O–H groups in total. The number of hydrogen-bond acceptors (Lipinski definition) is 6. The van der Waals surface area contributed by atoms with Crippen molar-refractivity contribution in [3.8, 4) is 11.4 Å². The smallest absolute Gasteiger partial charge is 0.269 e.